The van der Waals surface area contributed by atoms with Crippen molar-refractivity contribution in [2.45, 2.75) is 25.4 Å². The fourth-order valence-corrected chi connectivity index (χ4v) is 3.12. The zero-order chi connectivity index (χ0) is 13.7. The lowest BCUT2D eigenvalue weighted by molar-refractivity contribution is 0.200. The van der Waals surface area contributed by atoms with Crippen molar-refractivity contribution in [1.82, 2.24) is 14.3 Å². The Morgan fingerprint density at radius 1 is 1.21 bits per heavy atom. The first-order valence-electron chi connectivity index (χ1n) is 6.56. The van der Waals surface area contributed by atoms with E-state index in [1.165, 1.54) is 12.6 Å². The normalized spacial score (nSPS) is 18.6. The number of rotatable bonds is 5. The van der Waals surface area contributed by atoms with Crippen molar-refractivity contribution in [2.75, 3.05) is 20.1 Å². The van der Waals surface area contributed by atoms with Gasteiger partial charge in [0.2, 0.25) is 0 Å². The van der Waals surface area contributed by atoms with Crippen LogP contribution < -0.4 is 9.44 Å². The second kappa shape index (κ2) is 6.47. The Morgan fingerprint density at radius 3 is 2.42 bits per heavy atom. The molecule has 1 aromatic carbocycles. The van der Waals surface area contributed by atoms with Crippen LogP contribution in [0.4, 0.5) is 0 Å². The summed E-state index contributed by atoms with van der Waals surface area (Å²) in [5.41, 5.74) is 1.30. The molecule has 0 radical (unpaired) electrons. The summed E-state index contributed by atoms with van der Waals surface area (Å²) in [4.78, 5) is 2.36. The summed E-state index contributed by atoms with van der Waals surface area (Å²) in [5, 5.41) is 0. The molecule has 1 saturated heterocycles. The van der Waals surface area contributed by atoms with Crippen LogP contribution in [-0.4, -0.2) is 39.5 Å². The third kappa shape index (κ3) is 4.58. The van der Waals surface area contributed by atoms with Gasteiger partial charge in [-0.25, -0.2) is 4.72 Å². The Labute approximate surface area is 115 Å². The molecule has 106 valence electrons. The first-order chi connectivity index (χ1) is 9.09. The highest BCUT2D eigenvalue weighted by Gasteiger charge is 2.22. The minimum atomic E-state index is -3.31. The average Bonchev–Trinajstić information content (AvgIpc) is 2.42. The molecule has 0 amide bonds. The minimum absolute atomic E-state index is 0.0458. The van der Waals surface area contributed by atoms with Crippen LogP contribution in [0.3, 0.4) is 0 Å². The molecule has 0 spiro atoms. The Bertz CT molecular complexity index is 482. The van der Waals surface area contributed by atoms with Crippen molar-refractivity contribution in [3.8, 4) is 0 Å². The molecule has 0 aromatic heterocycles. The monoisotopic (exact) mass is 283 g/mol. The van der Waals surface area contributed by atoms with Gasteiger partial charge >= 0.3 is 0 Å². The van der Waals surface area contributed by atoms with E-state index in [1.807, 2.05) is 18.2 Å². The standard InChI is InChI=1S/C13H21N3O2S/c1-14-19(17,18)15-13-7-9-16(10-8-13)11-12-5-3-2-4-6-12/h2-6,13-15H,7-11H2,1H3. The number of hydrogen-bond acceptors (Lipinski definition) is 3. The second-order valence-electron chi connectivity index (χ2n) is 4.86. The first-order valence-corrected chi connectivity index (χ1v) is 8.04. The predicted octanol–water partition coefficient (Wildman–Crippen LogP) is 0.705. The van der Waals surface area contributed by atoms with Gasteiger partial charge in [0.1, 0.15) is 0 Å². The van der Waals surface area contributed by atoms with E-state index in [4.69, 9.17) is 0 Å². The van der Waals surface area contributed by atoms with Gasteiger partial charge < -0.3 is 0 Å². The van der Waals surface area contributed by atoms with Crippen molar-refractivity contribution in [1.29, 1.82) is 0 Å². The first kappa shape index (κ1) is 14.5. The molecule has 19 heavy (non-hydrogen) atoms. The van der Waals surface area contributed by atoms with Gasteiger partial charge in [-0.05, 0) is 18.4 Å². The number of nitrogens with one attached hydrogen (secondary N) is 2. The molecular weight excluding hydrogens is 262 g/mol. The van der Waals surface area contributed by atoms with Gasteiger partial charge in [0, 0.05) is 32.7 Å². The molecule has 0 saturated carbocycles. The van der Waals surface area contributed by atoms with Gasteiger partial charge in [-0.15, -0.1) is 0 Å². The highest BCUT2D eigenvalue weighted by molar-refractivity contribution is 7.87. The van der Waals surface area contributed by atoms with Gasteiger partial charge in [-0.3, -0.25) is 4.90 Å². The van der Waals surface area contributed by atoms with E-state index in [0.717, 1.165) is 32.5 Å². The molecular formula is C13H21N3O2S. The predicted molar refractivity (Wildman–Crippen MR) is 75.9 cm³/mol. The number of likely N-dealkylation sites (tertiary alicyclic amines) is 1. The van der Waals surface area contributed by atoms with Crippen molar-refractivity contribution in [2.24, 2.45) is 0 Å². The van der Waals surface area contributed by atoms with E-state index < -0.39 is 10.2 Å². The Hall–Kier alpha value is -0.950. The van der Waals surface area contributed by atoms with Crippen LogP contribution in [0.15, 0.2) is 30.3 Å². The Morgan fingerprint density at radius 2 is 1.84 bits per heavy atom. The smallest absolute Gasteiger partial charge is 0.276 e. The number of piperidine rings is 1. The van der Waals surface area contributed by atoms with Gasteiger partial charge in [0.15, 0.2) is 0 Å². The lowest BCUT2D eigenvalue weighted by atomic mass is 10.1. The van der Waals surface area contributed by atoms with Gasteiger partial charge in [-0.2, -0.15) is 13.1 Å². The maximum atomic E-state index is 11.4. The van der Waals surface area contributed by atoms with Gasteiger partial charge in [-0.1, -0.05) is 30.3 Å². The maximum Gasteiger partial charge on any atom is 0.276 e. The summed E-state index contributed by atoms with van der Waals surface area (Å²) in [5.74, 6) is 0. The van der Waals surface area contributed by atoms with Crippen LogP contribution in [-0.2, 0) is 16.8 Å². The molecule has 1 heterocycles. The molecule has 2 rings (SSSR count). The Balaban J connectivity index is 1.80. The van der Waals surface area contributed by atoms with Crippen LogP contribution in [0.25, 0.3) is 0 Å². The molecule has 0 unspecified atom stereocenters. The highest BCUT2D eigenvalue weighted by Crippen LogP contribution is 2.14. The lowest BCUT2D eigenvalue weighted by Crippen LogP contribution is -2.47. The number of nitrogens with zero attached hydrogens (tertiary/aromatic N) is 1. The third-order valence-electron chi connectivity index (χ3n) is 3.43. The topological polar surface area (TPSA) is 61.4 Å². The molecule has 1 fully saturated rings. The summed E-state index contributed by atoms with van der Waals surface area (Å²) < 4.78 is 27.8. The van der Waals surface area contributed by atoms with E-state index in [-0.39, 0.29) is 6.04 Å². The van der Waals surface area contributed by atoms with E-state index in [9.17, 15) is 8.42 Å². The van der Waals surface area contributed by atoms with Crippen LogP contribution in [0.1, 0.15) is 18.4 Å². The molecule has 6 heteroatoms. The molecule has 2 N–H and O–H groups in total. The van der Waals surface area contributed by atoms with Crippen LogP contribution in [0.2, 0.25) is 0 Å². The highest BCUT2D eigenvalue weighted by atomic mass is 32.2. The van der Waals surface area contributed by atoms with Gasteiger partial charge in [0.05, 0.1) is 0 Å². The molecule has 0 atom stereocenters. The summed E-state index contributed by atoms with van der Waals surface area (Å²) in [6, 6.07) is 10.4. The van der Waals surface area contributed by atoms with E-state index in [1.54, 1.807) is 0 Å². The number of hydrogen-bond donors (Lipinski definition) is 2. The molecule has 1 aliphatic heterocycles. The lowest BCUT2D eigenvalue weighted by Gasteiger charge is -2.32. The molecule has 5 nitrogen and oxygen atoms in total. The fourth-order valence-electron chi connectivity index (χ4n) is 2.33. The zero-order valence-corrected chi connectivity index (χ0v) is 12.0. The Kier molecular flexibility index (Phi) is 4.93. The minimum Gasteiger partial charge on any atom is -0.299 e. The SMILES string of the molecule is CNS(=O)(=O)NC1CCN(Cc2ccccc2)CC1. The number of benzene rings is 1. The van der Waals surface area contributed by atoms with E-state index in [2.05, 4.69) is 26.5 Å². The third-order valence-corrected chi connectivity index (χ3v) is 4.61. The van der Waals surface area contributed by atoms with Gasteiger partial charge in [0.25, 0.3) is 10.2 Å². The fraction of sp³-hybridized carbons (Fsp3) is 0.538. The summed E-state index contributed by atoms with van der Waals surface area (Å²) in [7, 11) is -1.89. The van der Waals surface area contributed by atoms with Crippen molar-refractivity contribution < 1.29 is 8.42 Å². The quantitative estimate of drug-likeness (QED) is 0.836. The van der Waals surface area contributed by atoms with Crippen LogP contribution >= 0.6 is 0 Å². The zero-order valence-electron chi connectivity index (χ0n) is 11.2. The summed E-state index contributed by atoms with van der Waals surface area (Å²) in [6.07, 6.45) is 1.71. The summed E-state index contributed by atoms with van der Waals surface area (Å²) >= 11 is 0. The van der Waals surface area contributed by atoms with Crippen molar-refractivity contribution in [3.05, 3.63) is 35.9 Å². The van der Waals surface area contributed by atoms with E-state index >= 15 is 0 Å². The molecule has 1 aliphatic rings. The van der Waals surface area contributed by atoms with Crippen molar-refractivity contribution in [3.63, 3.8) is 0 Å². The van der Waals surface area contributed by atoms with Crippen LogP contribution in [0.5, 0.6) is 0 Å². The molecule has 0 aliphatic carbocycles. The van der Waals surface area contributed by atoms with E-state index in [0.29, 0.717) is 0 Å². The maximum absolute atomic E-state index is 11.4. The van der Waals surface area contributed by atoms with Crippen LogP contribution in [0, 0.1) is 0 Å². The molecule has 1 aromatic rings. The molecule has 0 bridgehead atoms. The second-order valence-corrected chi connectivity index (χ2v) is 6.51. The summed E-state index contributed by atoms with van der Waals surface area (Å²) in [6.45, 7) is 2.78. The average molecular weight is 283 g/mol. The largest absolute Gasteiger partial charge is 0.299 e. The van der Waals surface area contributed by atoms with Crippen molar-refractivity contribution >= 4 is 10.2 Å².